The molecule has 1 amide bonds. The Morgan fingerprint density at radius 1 is 1.25 bits per heavy atom. The van der Waals surface area contributed by atoms with E-state index in [1.807, 2.05) is 24.3 Å². The highest BCUT2D eigenvalue weighted by Gasteiger charge is 2.32. The molecule has 0 spiro atoms. The monoisotopic (exact) mass is 343 g/mol. The summed E-state index contributed by atoms with van der Waals surface area (Å²) in [4.78, 5) is 20.4. The van der Waals surface area contributed by atoms with E-state index in [9.17, 15) is 4.79 Å². The first-order chi connectivity index (χ1) is 11.8. The zero-order chi connectivity index (χ0) is 16.5. The van der Waals surface area contributed by atoms with Gasteiger partial charge in [-0.2, -0.15) is 0 Å². The molecule has 2 aromatic rings. The van der Waals surface area contributed by atoms with Crippen molar-refractivity contribution in [3.8, 4) is 5.75 Å². The van der Waals surface area contributed by atoms with Gasteiger partial charge < -0.3 is 15.0 Å². The summed E-state index contributed by atoms with van der Waals surface area (Å²) in [6.07, 6.45) is 4.16. The molecular formula is C18H21N3O2S. The number of para-hydroxylation sites is 1. The highest BCUT2D eigenvalue weighted by molar-refractivity contribution is 7.16. The van der Waals surface area contributed by atoms with Gasteiger partial charge in [-0.3, -0.25) is 4.79 Å². The Bertz CT molecular complexity index is 752. The summed E-state index contributed by atoms with van der Waals surface area (Å²) in [7, 11) is 1.68. The van der Waals surface area contributed by atoms with Crippen molar-refractivity contribution >= 4 is 28.2 Å². The summed E-state index contributed by atoms with van der Waals surface area (Å²) in [5, 5.41) is 3.98. The summed E-state index contributed by atoms with van der Waals surface area (Å²) in [5.74, 6) is 1.60. The van der Waals surface area contributed by atoms with E-state index in [0.717, 1.165) is 40.2 Å². The number of thiazole rings is 1. The molecular weight excluding hydrogens is 322 g/mol. The third kappa shape index (κ3) is 2.75. The summed E-state index contributed by atoms with van der Waals surface area (Å²) in [6.45, 7) is 2.11. The van der Waals surface area contributed by atoms with Gasteiger partial charge in [0.15, 0.2) is 5.13 Å². The number of anilines is 2. The molecule has 1 saturated heterocycles. The minimum Gasteiger partial charge on any atom is -0.496 e. The van der Waals surface area contributed by atoms with Crippen molar-refractivity contribution in [3.05, 3.63) is 34.7 Å². The Hall–Kier alpha value is -2.08. The van der Waals surface area contributed by atoms with Gasteiger partial charge in [-0.25, -0.2) is 4.98 Å². The van der Waals surface area contributed by atoms with E-state index in [4.69, 9.17) is 9.72 Å². The van der Waals surface area contributed by atoms with E-state index in [1.165, 1.54) is 19.3 Å². The van der Waals surface area contributed by atoms with Crippen molar-refractivity contribution in [2.75, 3.05) is 30.4 Å². The molecule has 6 heteroatoms. The van der Waals surface area contributed by atoms with Gasteiger partial charge in [-0.05, 0) is 25.3 Å². The van der Waals surface area contributed by atoms with Crippen LogP contribution in [0, 0.1) is 0 Å². The lowest BCUT2D eigenvalue weighted by molar-refractivity contribution is -0.116. The number of methoxy groups -OCH3 is 1. The predicted molar refractivity (Wildman–Crippen MR) is 96.3 cm³/mol. The Labute approximate surface area is 145 Å². The molecule has 0 radical (unpaired) electrons. The smallest absolute Gasteiger partial charge is 0.226 e. The molecule has 126 valence electrons. The number of hydrogen-bond acceptors (Lipinski definition) is 5. The maximum Gasteiger partial charge on any atom is 0.226 e. The van der Waals surface area contributed by atoms with Crippen molar-refractivity contribution < 1.29 is 9.53 Å². The molecule has 2 aliphatic rings. The number of carbonyl (C=O) groups excluding carboxylic acids is 1. The molecule has 0 unspecified atom stereocenters. The second-order valence-corrected chi connectivity index (χ2v) is 7.31. The minimum absolute atomic E-state index is 0.0148. The second kappa shape index (κ2) is 6.43. The summed E-state index contributed by atoms with van der Waals surface area (Å²) in [6, 6.07) is 7.95. The number of nitrogens with zero attached hydrogens (tertiary/aromatic N) is 2. The number of fused-ring (bicyclic) bond motifs is 1. The second-order valence-electron chi connectivity index (χ2n) is 6.30. The average Bonchev–Trinajstić information content (AvgIpc) is 3.05. The van der Waals surface area contributed by atoms with E-state index >= 15 is 0 Å². The molecule has 1 aromatic carbocycles. The van der Waals surface area contributed by atoms with Gasteiger partial charge in [-0.15, -0.1) is 0 Å². The van der Waals surface area contributed by atoms with Crippen LogP contribution in [0.2, 0.25) is 0 Å². The lowest BCUT2D eigenvalue weighted by Crippen LogP contribution is -2.29. The van der Waals surface area contributed by atoms with Gasteiger partial charge in [0, 0.05) is 31.0 Å². The normalized spacial score (nSPS) is 20.5. The molecule has 1 atom stereocenters. The Kier molecular flexibility index (Phi) is 4.14. The Balaban J connectivity index is 1.73. The van der Waals surface area contributed by atoms with Crippen LogP contribution >= 0.6 is 11.3 Å². The zero-order valence-electron chi connectivity index (χ0n) is 13.7. The van der Waals surface area contributed by atoms with Crippen molar-refractivity contribution in [1.82, 2.24) is 4.98 Å². The molecule has 1 aromatic heterocycles. The van der Waals surface area contributed by atoms with Gasteiger partial charge in [0.1, 0.15) is 11.6 Å². The summed E-state index contributed by atoms with van der Waals surface area (Å²) < 4.78 is 5.51. The fourth-order valence-electron chi connectivity index (χ4n) is 3.53. The first-order valence-electron chi connectivity index (χ1n) is 8.44. The molecule has 24 heavy (non-hydrogen) atoms. The number of nitrogens with one attached hydrogen (secondary N) is 1. The molecule has 0 bridgehead atoms. The fourth-order valence-corrected chi connectivity index (χ4v) is 4.72. The number of aromatic nitrogens is 1. The quantitative estimate of drug-likeness (QED) is 0.925. The third-order valence-electron chi connectivity index (χ3n) is 4.75. The van der Waals surface area contributed by atoms with E-state index in [0.29, 0.717) is 6.42 Å². The van der Waals surface area contributed by atoms with Gasteiger partial charge in [0.2, 0.25) is 5.91 Å². The molecule has 1 fully saturated rings. The van der Waals surface area contributed by atoms with Crippen LogP contribution in [-0.2, 0) is 4.79 Å². The maximum atomic E-state index is 12.2. The fraction of sp³-hybridized carbons (Fsp3) is 0.444. The molecule has 2 aliphatic heterocycles. The first-order valence-corrected chi connectivity index (χ1v) is 9.26. The van der Waals surface area contributed by atoms with Crippen LogP contribution in [0.1, 0.15) is 42.0 Å². The standard InChI is InChI=1S/C18H21N3O2S/c1-23-14-8-4-3-7-12(14)13-11-15(22)19-17-16(13)24-18(20-17)21-9-5-2-6-10-21/h3-4,7-8,13H,2,5-6,9-11H2,1H3,(H,19,22)/t13-/m1/s1. The summed E-state index contributed by atoms with van der Waals surface area (Å²) in [5.41, 5.74) is 1.06. The van der Waals surface area contributed by atoms with Crippen molar-refractivity contribution in [2.24, 2.45) is 0 Å². The first kappa shape index (κ1) is 15.4. The van der Waals surface area contributed by atoms with Crippen molar-refractivity contribution in [1.29, 1.82) is 0 Å². The van der Waals surface area contributed by atoms with Crippen LogP contribution in [0.15, 0.2) is 24.3 Å². The Morgan fingerprint density at radius 2 is 2.04 bits per heavy atom. The number of ether oxygens (including phenoxy) is 1. The SMILES string of the molecule is COc1ccccc1[C@H]1CC(=O)Nc2nc(N3CCCCC3)sc21. The van der Waals surface area contributed by atoms with Crippen LogP contribution in [0.5, 0.6) is 5.75 Å². The lowest BCUT2D eigenvalue weighted by Gasteiger charge is -2.25. The number of piperidine rings is 1. The van der Waals surface area contributed by atoms with Crippen molar-refractivity contribution in [2.45, 2.75) is 31.6 Å². The average molecular weight is 343 g/mol. The molecule has 4 rings (SSSR count). The van der Waals surface area contributed by atoms with Gasteiger partial charge in [-0.1, -0.05) is 29.5 Å². The Morgan fingerprint density at radius 3 is 2.83 bits per heavy atom. The minimum atomic E-state index is 0.0148. The van der Waals surface area contributed by atoms with Crippen LogP contribution in [0.3, 0.4) is 0 Å². The van der Waals surface area contributed by atoms with Crippen LogP contribution in [0.25, 0.3) is 0 Å². The van der Waals surface area contributed by atoms with Crippen molar-refractivity contribution in [3.63, 3.8) is 0 Å². The number of amides is 1. The van der Waals surface area contributed by atoms with E-state index < -0.39 is 0 Å². The predicted octanol–water partition coefficient (Wildman–Crippen LogP) is 3.62. The highest BCUT2D eigenvalue weighted by atomic mass is 32.1. The van der Waals surface area contributed by atoms with E-state index in [1.54, 1.807) is 18.4 Å². The zero-order valence-corrected chi connectivity index (χ0v) is 14.6. The molecule has 0 aliphatic carbocycles. The topological polar surface area (TPSA) is 54.5 Å². The molecule has 0 saturated carbocycles. The number of benzene rings is 1. The number of carbonyl (C=O) groups is 1. The molecule has 5 nitrogen and oxygen atoms in total. The lowest BCUT2D eigenvalue weighted by atomic mass is 9.91. The van der Waals surface area contributed by atoms with Crippen LogP contribution in [0.4, 0.5) is 10.9 Å². The van der Waals surface area contributed by atoms with Crippen LogP contribution < -0.4 is 15.0 Å². The van der Waals surface area contributed by atoms with E-state index in [2.05, 4.69) is 10.2 Å². The number of hydrogen-bond donors (Lipinski definition) is 1. The summed E-state index contributed by atoms with van der Waals surface area (Å²) >= 11 is 1.71. The molecule has 3 heterocycles. The van der Waals surface area contributed by atoms with Gasteiger partial charge >= 0.3 is 0 Å². The number of rotatable bonds is 3. The highest BCUT2D eigenvalue weighted by Crippen LogP contribution is 2.45. The maximum absolute atomic E-state index is 12.2. The van der Waals surface area contributed by atoms with Crippen LogP contribution in [-0.4, -0.2) is 31.1 Å². The van der Waals surface area contributed by atoms with Gasteiger partial charge in [0.05, 0.1) is 12.0 Å². The van der Waals surface area contributed by atoms with Gasteiger partial charge in [0.25, 0.3) is 0 Å². The third-order valence-corrected chi connectivity index (χ3v) is 5.98. The molecule has 1 N–H and O–H groups in total. The largest absolute Gasteiger partial charge is 0.496 e. The van der Waals surface area contributed by atoms with E-state index in [-0.39, 0.29) is 11.8 Å².